The van der Waals surface area contributed by atoms with Crippen LogP contribution < -0.4 is 5.43 Å². The number of nitrogens with one attached hydrogen (secondary N) is 1. The van der Waals surface area contributed by atoms with E-state index in [-0.39, 0.29) is 5.43 Å². The maximum Gasteiger partial charge on any atom is 0.185 e. The van der Waals surface area contributed by atoms with Crippen molar-refractivity contribution in [2.75, 3.05) is 0 Å². The molecule has 4 heteroatoms. The van der Waals surface area contributed by atoms with Crippen molar-refractivity contribution in [2.24, 2.45) is 0 Å². The Morgan fingerprint density at radius 2 is 1.75 bits per heavy atom. The third-order valence-corrected chi connectivity index (χ3v) is 2.79. The summed E-state index contributed by atoms with van der Waals surface area (Å²) in [4.78, 5) is 14.5. The molecule has 0 aliphatic carbocycles. The number of H-pyrrole nitrogens is 1. The van der Waals surface area contributed by atoms with Gasteiger partial charge in [0.15, 0.2) is 5.43 Å². The first kappa shape index (κ1) is 11.2. The van der Waals surface area contributed by atoms with Crippen molar-refractivity contribution < 1.29 is 0 Å². The van der Waals surface area contributed by atoms with Crippen LogP contribution in [0.2, 0.25) is 10.0 Å². The second-order valence-electron chi connectivity index (χ2n) is 3.50. The second-order valence-corrected chi connectivity index (χ2v) is 4.37. The summed E-state index contributed by atoms with van der Waals surface area (Å²) in [5.41, 5.74) is 2.20. The molecule has 1 N–H and O–H groups in total. The van der Waals surface area contributed by atoms with Gasteiger partial charge in [-0.2, -0.15) is 0 Å². The zero-order valence-corrected chi connectivity index (χ0v) is 10.1. The zero-order chi connectivity index (χ0) is 11.7. The molecule has 0 saturated carbocycles. The minimum Gasteiger partial charge on any atom is -0.361 e. The molecule has 1 heterocycles. The first-order valence-electron chi connectivity index (χ1n) is 4.72. The number of aromatic nitrogens is 1. The maximum absolute atomic E-state index is 11.5. The lowest BCUT2D eigenvalue weighted by Gasteiger charge is -2.06. The Balaban J connectivity index is 2.67. The SMILES string of the molecule is Cc1c(-c2cc(Cl)cc(Cl)c2)[nH]ccc1=O. The zero-order valence-electron chi connectivity index (χ0n) is 8.55. The van der Waals surface area contributed by atoms with E-state index in [2.05, 4.69) is 4.98 Å². The summed E-state index contributed by atoms with van der Waals surface area (Å²) in [6, 6.07) is 6.69. The maximum atomic E-state index is 11.5. The normalized spacial score (nSPS) is 10.4. The molecule has 0 amide bonds. The van der Waals surface area contributed by atoms with Crippen LogP contribution in [0.15, 0.2) is 35.3 Å². The van der Waals surface area contributed by atoms with Crippen LogP contribution in [0.3, 0.4) is 0 Å². The number of halogens is 2. The molecule has 2 nitrogen and oxygen atoms in total. The average Bonchev–Trinajstić information content (AvgIpc) is 2.20. The van der Waals surface area contributed by atoms with Crippen LogP contribution in [0.4, 0.5) is 0 Å². The summed E-state index contributed by atoms with van der Waals surface area (Å²) in [5, 5.41) is 1.10. The largest absolute Gasteiger partial charge is 0.361 e. The Kier molecular flexibility index (Phi) is 3.03. The van der Waals surface area contributed by atoms with Gasteiger partial charge < -0.3 is 4.98 Å². The van der Waals surface area contributed by atoms with Crippen LogP contribution >= 0.6 is 23.2 Å². The number of aromatic amines is 1. The summed E-state index contributed by atoms with van der Waals surface area (Å²) in [6.45, 7) is 1.77. The average molecular weight is 254 g/mol. The topological polar surface area (TPSA) is 32.9 Å². The van der Waals surface area contributed by atoms with Crippen LogP contribution in [0.1, 0.15) is 5.56 Å². The molecule has 0 aliphatic rings. The molecule has 0 aliphatic heterocycles. The molecule has 0 bridgehead atoms. The highest BCUT2D eigenvalue weighted by Gasteiger charge is 2.06. The predicted molar refractivity (Wildman–Crippen MR) is 67.3 cm³/mol. The number of hydrogen-bond donors (Lipinski definition) is 1. The molecule has 82 valence electrons. The van der Waals surface area contributed by atoms with Gasteiger partial charge in [0.25, 0.3) is 0 Å². The van der Waals surface area contributed by atoms with Gasteiger partial charge in [-0.05, 0) is 25.1 Å². The van der Waals surface area contributed by atoms with Crippen LogP contribution in [-0.4, -0.2) is 4.98 Å². The van der Waals surface area contributed by atoms with Crippen LogP contribution in [0.25, 0.3) is 11.3 Å². The number of rotatable bonds is 1. The molecule has 0 radical (unpaired) electrons. The first-order valence-corrected chi connectivity index (χ1v) is 5.48. The second kappa shape index (κ2) is 4.32. The van der Waals surface area contributed by atoms with Crippen molar-refractivity contribution in [3.05, 3.63) is 56.3 Å². The van der Waals surface area contributed by atoms with E-state index in [0.29, 0.717) is 15.6 Å². The lowest BCUT2D eigenvalue weighted by atomic mass is 10.1. The molecule has 2 aromatic rings. The highest BCUT2D eigenvalue weighted by molar-refractivity contribution is 6.35. The van der Waals surface area contributed by atoms with Crippen molar-refractivity contribution in [1.82, 2.24) is 4.98 Å². The molecule has 0 atom stereocenters. The highest BCUT2D eigenvalue weighted by Crippen LogP contribution is 2.26. The van der Waals surface area contributed by atoms with E-state index in [9.17, 15) is 4.79 Å². The van der Waals surface area contributed by atoms with Gasteiger partial charge in [-0.15, -0.1) is 0 Å². The molecular weight excluding hydrogens is 245 g/mol. The van der Waals surface area contributed by atoms with Gasteiger partial charge in [0, 0.05) is 33.4 Å². The van der Waals surface area contributed by atoms with Crippen LogP contribution in [0.5, 0.6) is 0 Å². The van der Waals surface area contributed by atoms with Gasteiger partial charge in [-0.3, -0.25) is 4.79 Å². The van der Waals surface area contributed by atoms with Gasteiger partial charge in [-0.25, -0.2) is 0 Å². The van der Waals surface area contributed by atoms with Crippen molar-refractivity contribution in [1.29, 1.82) is 0 Å². The number of hydrogen-bond acceptors (Lipinski definition) is 1. The van der Waals surface area contributed by atoms with Gasteiger partial charge in [0.2, 0.25) is 0 Å². The summed E-state index contributed by atoms with van der Waals surface area (Å²) < 4.78 is 0. The smallest absolute Gasteiger partial charge is 0.185 e. The van der Waals surface area contributed by atoms with Gasteiger partial charge in [0.1, 0.15) is 0 Å². The first-order chi connectivity index (χ1) is 7.58. The fourth-order valence-electron chi connectivity index (χ4n) is 1.56. The predicted octanol–water partition coefficient (Wildman–Crippen LogP) is 3.66. The summed E-state index contributed by atoms with van der Waals surface area (Å²) in [7, 11) is 0. The van der Waals surface area contributed by atoms with E-state index in [4.69, 9.17) is 23.2 Å². The molecule has 1 aromatic heterocycles. The van der Waals surface area contributed by atoms with E-state index in [1.165, 1.54) is 6.07 Å². The highest BCUT2D eigenvalue weighted by atomic mass is 35.5. The Morgan fingerprint density at radius 1 is 1.12 bits per heavy atom. The van der Waals surface area contributed by atoms with E-state index in [0.717, 1.165) is 11.3 Å². The molecule has 0 fully saturated rings. The van der Waals surface area contributed by atoms with Gasteiger partial charge in [0.05, 0.1) is 5.69 Å². The fraction of sp³-hybridized carbons (Fsp3) is 0.0833. The van der Waals surface area contributed by atoms with Gasteiger partial charge in [-0.1, -0.05) is 23.2 Å². The number of pyridine rings is 1. The van der Waals surface area contributed by atoms with Crippen molar-refractivity contribution in [3.8, 4) is 11.3 Å². The van der Waals surface area contributed by atoms with E-state index in [1.807, 2.05) is 0 Å². The molecule has 16 heavy (non-hydrogen) atoms. The van der Waals surface area contributed by atoms with Crippen molar-refractivity contribution in [3.63, 3.8) is 0 Å². The molecule has 1 aromatic carbocycles. The molecular formula is C12H9Cl2NO. The Bertz CT molecular complexity index is 570. The summed E-state index contributed by atoms with van der Waals surface area (Å²) in [5.74, 6) is 0. The summed E-state index contributed by atoms with van der Waals surface area (Å²) >= 11 is 11.8. The van der Waals surface area contributed by atoms with Crippen molar-refractivity contribution in [2.45, 2.75) is 6.92 Å². The van der Waals surface area contributed by atoms with Crippen LogP contribution in [0, 0.1) is 6.92 Å². The van der Waals surface area contributed by atoms with Crippen LogP contribution in [-0.2, 0) is 0 Å². The molecule has 2 rings (SSSR count). The van der Waals surface area contributed by atoms with E-state index < -0.39 is 0 Å². The third-order valence-electron chi connectivity index (χ3n) is 2.36. The monoisotopic (exact) mass is 253 g/mol. The van der Waals surface area contributed by atoms with Gasteiger partial charge >= 0.3 is 0 Å². The number of benzene rings is 1. The Morgan fingerprint density at radius 3 is 2.38 bits per heavy atom. The van der Waals surface area contributed by atoms with E-state index in [1.54, 1.807) is 31.3 Å². The van der Waals surface area contributed by atoms with E-state index >= 15 is 0 Å². The Labute approximate surface area is 103 Å². The molecule has 0 saturated heterocycles. The fourth-order valence-corrected chi connectivity index (χ4v) is 2.08. The lowest BCUT2D eigenvalue weighted by Crippen LogP contribution is -2.05. The lowest BCUT2D eigenvalue weighted by molar-refractivity contribution is 1.24. The Hall–Kier alpha value is -1.25. The van der Waals surface area contributed by atoms with Crippen molar-refractivity contribution >= 4 is 23.2 Å². The third kappa shape index (κ3) is 2.13. The minimum atomic E-state index is -0.00940. The standard InChI is InChI=1S/C12H9Cl2NO/c1-7-11(16)2-3-15-12(7)8-4-9(13)6-10(14)5-8/h2-6H,1H3,(H,15,16). The quantitative estimate of drug-likeness (QED) is 0.827. The summed E-state index contributed by atoms with van der Waals surface area (Å²) in [6.07, 6.45) is 1.61. The minimum absolute atomic E-state index is 0.00940. The molecule has 0 unspecified atom stereocenters. The molecule has 0 spiro atoms.